The Bertz CT molecular complexity index is 322. The largest absolute Gasteiger partial charge is 0.309 e. The highest BCUT2D eigenvalue weighted by atomic mass is 15.1. The number of nitrogens with zero attached hydrogens (tertiary/aromatic N) is 3. The molecule has 1 aromatic heterocycles. The molecule has 0 fully saturated rings. The van der Waals surface area contributed by atoms with Crippen LogP contribution in [0.4, 0.5) is 0 Å². The quantitative estimate of drug-likeness (QED) is 0.742. The zero-order valence-electron chi connectivity index (χ0n) is 8.75. The van der Waals surface area contributed by atoms with Crippen LogP contribution >= 0.6 is 0 Å². The van der Waals surface area contributed by atoms with Gasteiger partial charge in [0.25, 0.3) is 0 Å². The maximum atomic E-state index is 4.34. The molecule has 1 aliphatic rings. The lowest BCUT2D eigenvalue weighted by atomic mass is 10.1. The summed E-state index contributed by atoms with van der Waals surface area (Å²) in [6.07, 6.45) is 2.69. The van der Waals surface area contributed by atoms with Crippen molar-refractivity contribution in [3.8, 4) is 0 Å². The first-order chi connectivity index (χ1) is 6.77. The fourth-order valence-electron chi connectivity index (χ4n) is 1.70. The Morgan fingerprint density at radius 3 is 3.00 bits per heavy atom. The molecule has 76 valence electrons. The van der Waals surface area contributed by atoms with Gasteiger partial charge in [-0.05, 0) is 14.1 Å². The lowest BCUT2D eigenvalue weighted by Crippen LogP contribution is -2.16. The molecule has 1 aliphatic heterocycles. The van der Waals surface area contributed by atoms with E-state index in [1.165, 1.54) is 17.0 Å². The fraction of sp³-hybridized carbons (Fsp3) is 0.600. The second-order valence-electron chi connectivity index (χ2n) is 3.90. The van der Waals surface area contributed by atoms with Crippen LogP contribution in [0.1, 0.15) is 17.0 Å². The van der Waals surface area contributed by atoms with E-state index in [-0.39, 0.29) is 0 Å². The molecule has 0 radical (unpaired) electrons. The van der Waals surface area contributed by atoms with Crippen molar-refractivity contribution in [2.24, 2.45) is 0 Å². The third kappa shape index (κ3) is 1.91. The molecule has 0 atom stereocenters. The molecule has 0 aromatic carbocycles. The fourth-order valence-corrected chi connectivity index (χ4v) is 1.70. The predicted octanol–water partition coefficient (Wildman–Crippen LogP) is 0.184. The molecule has 0 saturated heterocycles. The maximum Gasteiger partial charge on any atom is 0.116 e. The number of nitrogens with one attached hydrogen (secondary N) is 1. The normalized spacial score (nSPS) is 14.8. The highest BCUT2D eigenvalue weighted by Gasteiger charge is 2.15. The molecule has 2 rings (SSSR count). The van der Waals surface area contributed by atoms with E-state index >= 15 is 0 Å². The molecular formula is C10H16N4. The van der Waals surface area contributed by atoms with Gasteiger partial charge in [-0.3, -0.25) is 0 Å². The Kier molecular flexibility index (Phi) is 2.74. The summed E-state index contributed by atoms with van der Waals surface area (Å²) < 4.78 is 0. The van der Waals surface area contributed by atoms with Gasteiger partial charge in [0.05, 0.1) is 5.69 Å². The standard InChI is InChI=1S/C10H16N4/c1-14(2)4-3-9-8-5-11-6-10(8)13-7-12-9/h7,11H,3-6H2,1-2H3. The van der Waals surface area contributed by atoms with Gasteiger partial charge >= 0.3 is 0 Å². The molecule has 0 aliphatic carbocycles. The van der Waals surface area contributed by atoms with E-state index in [9.17, 15) is 0 Å². The first kappa shape index (κ1) is 9.55. The summed E-state index contributed by atoms with van der Waals surface area (Å²) in [4.78, 5) is 10.8. The molecule has 0 saturated carbocycles. The highest BCUT2D eigenvalue weighted by Crippen LogP contribution is 2.15. The van der Waals surface area contributed by atoms with Crippen molar-refractivity contribution in [1.29, 1.82) is 0 Å². The molecule has 1 aromatic rings. The molecule has 0 amide bonds. The third-order valence-corrected chi connectivity index (χ3v) is 2.51. The van der Waals surface area contributed by atoms with Gasteiger partial charge in [0, 0.05) is 37.3 Å². The maximum absolute atomic E-state index is 4.34. The highest BCUT2D eigenvalue weighted by molar-refractivity contribution is 5.28. The summed E-state index contributed by atoms with van der Waals surface area (Å²) in [5.41, 5.74) is 3.69. The van der Waals surface area contributed by atoms with Gasteiger partial charge in [0.1, 0.15) is 6.33 Å². The zero-order chi connectivity index (χ0) is 9.97. The Labute approximate surface area is 84.4 Å². The smallest absolute Gasteiger partial charge is 0.116 e. The van der Waals surface area contributed by atoms with E-state index in [0.29, 0.717) is 0 Å². The topological polar surface area (TPSA) is 41.1 Å². The Hall–Kier alpha value is -1.00. The molecule has 1 N–H and O–H groups in total. The van der Waals surface area contributed by atoms with Crippen LogP contribution in [0.25, 0.3) is 0 Å². The van der Waals surface area contributed by atoms with Crippen LogP contribution in [0, 0.1) is 0 Å². The van der Waals surface area contributed by atoms with Crippen molar-refractivity contribution in [2.45, 2.75) is 19.5 Å². The molecule has 4 nitrogen and oxygen atoms in total. The Morgan fingerprint density at radius 2 is 2.21 bits per heavy atom. The molecule has 0 spiro atoms. The van der Waals surface area contributed by atoms with Gasteiger partial charge in [-0.25, -0.2) is 9.97 Å². The van der Waals surface area contributed by atoms with E-state index in [4.69, 9.17) is 0 Å². The first-order valence-corrected chi connectivity index (χ1v) is 4.94. The van der Waals surface area contributed by atoms with Gasteiger partial charge in [-0.1, -0.05) is 0 Å². The summed E-state index contributed by atoms with van der Waals surface area (Å²) >= 11 is 0. The summed E-state index contributed by atoms with van der Waals surface area (Å²) in [5.74, 6) is 0. The molecule has 2 heterocycles. The summed E-state index contributed by atoms with van der Waals surface area (Å²) in [6.45, 7) is 2.87. The van der Waals surface area contributed by atoms with Crippen LogP contribution in [0.2, 0.25) is 0 Å². The number of hydrogen-bond acceptors (Lipinski definition) is 4. The minimum Gasteiger partial charge on any atom is -0.309 e. The second-order valence-corrected chi connectivity index (χ2v) is 3.90. The zero-order valence-corrected chi connectivity index (χ0v) is 8.75. The number of rotatable bonds is 3. The molecule has 4 heteroatoms. The molecule has 14 heavy (non-hydrogen) atoms. The van der Waals surface area contributed by atoms with Crippen molar-refractivity contribution in [2.75, 3.05) is 20.6 Å². The Morgan fingerprint density at radius 1 is 1.36 bits per heavy atom. The van der Waals surface area contributed by atoms with Gasteiger partial charge in [0.15, 0.2) is 0 Å². The van der Waals surface area contributed by atoms with Crippen LogP contribution in [0.3, 0.4) is 0 Å². The first-order valence-electron chi connectivity index (χ1n) is 4.94. The van der Waals surface area contributed by atoms with Gasteiger partial charge < -0.3 is 10.2 Å². The second kappa shape index (κ2) is 4.02. The van der Waals surface area contributed by atoms with Gasteiger partial charge in [0.2, 0.25) is 0 Å². The van der Waals surface area contributed by atoms with Crippen molar-refractivity contribution in [3.05, 3.63) is 23.3 Å². The van der Waals surface area contributed by atoms with Crippen molar-refractivity contribution < 1.29 is 0 Å². The van der Waals surface area contributed by atoms with Crippen LogP contribution in [0.5, 0.6) is 0 Å². The summed E-state index contributed by atoms with van der Waals surface area (Å²) in [7, 11) is 4.17. The molecule has 0 unspecified atom stereocenters. The number of hydrogen-bond donors (Lipinski definition) is 1. The number of fused-ring (bicyclic) bond motifs is 1. The SMILES string of the molecule is CN(C)CCc1ncnc2c1CNC2. The summed E-state index contributed by atoms with van der Waals surface area (Å²) in [5, 5.41) is 3.30. The van der Waals surface area contributed by atoms with Crippen LogP contribution in [-0.4, -0.2) is 35.5 Å². The van der Waals surface area contributed by atoms with Gasteiger partial charge in [-0.2, -0.15) is 0 Å². The van der Waals surface area contributed by atoms with E-state index in [0.717, 1.165) is 26.1 Å². The summed E-state index contributed by atoms with van der Waals surface area (Å²) in [6, 6.07) is 0. The average Bonchev–Trinajstić information content (AvgIpc) is 2.62. The number of aromatic nitrogens is 2. The Balaban J connectivity index is 2.14. The van der Waals surface area contributed by atoms with E-state index in [1.807, 2.05) is 0 Å². The lowest BCUT2D eigenvalue weighted by molar-refractivity contribution is 0.411. The minimum atomic E-state index is 0.896. The lowest BCUT2D eigenvalue weighted by Gasteiger charge is -2.10. The monoisotopic (exact) mass is 192 g/mol. The average molecular weight is 192 g/mol. The van der Waals surface area contributed by atoms with Crippen molar-refractivity contribution >= 4 is 0 Å². The van der Waals surface area contributed by atoms with E-state index in [2.05, 4.69) is 34.3 Å². The van der Waals surface area contributed by atoms with Gasteiger partial charge in [-0.15, -0.1) is 0 Å². The number of likely N-dealkylation sites (N-methyl/N-ethyl adjacent to an activating group) is 1. The van der Waals surface area contributed by atoms with Crippen LogP contribution in [-0.2, 0) is 19.5 Å². The molecule has 0 bridgehead atoms. The van der Waals surface area contributed by atoms with E-state index in [1.54, 1.807) is 6.33 Å². The minimum absolute atomic E-state index is 0.896. The molecular weight excluding hydrogens is 176 g/mol. The van der Waals surface area contributed by atoms with Crippen LogP contribution in [0.15, 0.2) is 6.33 Å². The van der Waals surface area contributed by atoms with Crippen LogP contribution < -0.4 is 5.32 Å². The van der Waals surface area contributed by atoms with Crippen molar-refractivity contribution in [1.82, 2.24) is 20.2 Å². The van der Waals surface area contributed by atoms with Crippen molar-refractivity contribution in [3.63, 3.8) is 0 Å². The predicted molar refractivity (Wildman–Crippen MR) is 54.8 cm³/mol. The van der Waals surface area contributed by atoms with E-state index < -0.39 is 0 Å². The third-order valence-electron chi connectivity index (χ3n) is 2.51.